The van der Waals surface area contributed by atoms with Crippen LogP contribution in [0.1, 0.15) is 36.1 Å². The number of aryl methyl sites for hydroxylation is 1. The normalized spacial score (nSPS) is 16.6. The Bertz CT molecular complexity index is 1150. The summed E-state index contributed by atoms with van der Waals surface area (Å²) in [6.07, 6.45) is 3.94. The van der Waals surface area contributed by atoms with E-state index in [2.05, 4.69) is 4.90 Å². The lowest BCUT2D eigenvalue weighted by Crippen LogP contribution is -2.52. The Morgan fingerprint density at radius 2 is 1.89 bits per heavy atom. The van der Waals surface area contributed by atoms with E-state index in [9.17, 15) is 4.79 Å². The topological polar surface area (TPSA) is 50.6 Å². The third kappa shape index (κ3) is 6.18. The number of piperazine rings is 1. The van der Waals surface area contributed by atoms with E-state index in [1.807, 2.05) is 71.1 Å². The molecule has 0 N–H and O–H groups in total. The summed E-state index contributed by atoms with van der Waals surface area (Å²) in [4.78, 5) is 17.0. The number of anilines is 1. The van der Waals surface area contributed by atoms with Crippen LogP contribution in [-0.2, 0) is 17.9 Å². The van der Waals surface area contributed by atoms with E-state index >= 15 is 0 Å². The van der Waals surface area contributed by atoms with E-state index in [1.54, 1.807) is 0 Å². The van der Waals surface area contributed by atoms with Crippen molar-refractivity contribution in [3.63, 3.8) is 0 Å². The number of ether oxygens (including phenoxy) is 1. The molecule has 5 rings (SSSR count). The van der Waals surface area contributed by atoms with Crippen molar-refractivity contribution in [2.45, 2.75) is 39.3 Å². The van der Waals surface area contributed by atoms with E-state index in [0.717, 1.165) is 47.4 Å². The standard InChI is InChI=1S/C27H31ClN4O2.ClH/c1-20-14-26(31-13-12-30(18-27(31)33)16-21-8-5-9-21)29-32(20)17-23-15-24(28)10-11-25(23)34-19-22-6-3-2-4-7-22;/h2-4,6-7,10-11,14-15,21H,5,8-9,12-13,16-19H2,1H3;1H. The first-order valence-corrected chi connectivity index (χ1v) is 12.5. The van der Waals surface area contributed by atoms with Gasteiger partial charge in [0.25, 0.3) is 0 Å². The summed E-state index contributed by atoms with van der Waals surface area (Å²) in [6, 6.07) is 17.8. The largest absolute Gasteiger partial charge is 0.489 e. The number of nitrogens with zero attached hydrogens (tertiary/aromatic N) is 4. The zero-order valence-electron chi connectivity index (χ0n) is 20.0. The fraction of sp³-hybridized carbons (Fsp3) is 0.407. The number of carbonyl (C=O) groups is 1. The average Bonchev–Trinajstić information content (AvgIpc) is 3.16. The third-order valence-electron chi connectivity index (χ3n) is 6.87. The average molecular weight is 515 g/mol. The smallest absolute Gasteiger partial charge is 0.242 e. The Balaban J connectivity index is 0.00000289. The molecule has 0 spiro atoms. The van der Waals surface area contributed by atoms with Gasteiger partial charge < -0.3 is 4.74 Å². The predicted molar refractivity (Wildman–Crippen MR) is 142 cm³/mol. The summed E-state index contributed by atoms with van der Waals surface area (Å²) in [5.74, 6) is 2.41. The van der Waals surface area contributed by atoms with Crippen molar-refractivity contribution in [2.24, 2.45) is 5.92 Å². The molecule has 2 heterocycles. The molecule has 2 aliphatic rings. The number of hydrogen-bond acceptors (Lipinski definition) is 4. The lowest BCUT2D eigenvalue weighted by Gasteiger charge is -2.37. The highest BCUT2D eigenvalue weighted by molar-refractivity contribution is 6.30. The van der Waals surface area contributed by atoms with Crippen LogP contribution in [0.2, 0.25) is 5.02 Å². The first-order chi connectivity index (χ1) is 16.5. The summed E-state index contributed by atoms with van der Waals surface area (Å²) < 4.78 is 8.04. The number of amides is 1. The van der Waals surface area contributed by atoms with E-state index in [1.165, 1.54) is 19.3 Å². The molecule has 2 aromatic carbocycles. The number of carbonyl (C=O) groups excluding carboxylic acids is 1. The molecule has 1 amide bonds. The van der Waals surface area contributed by atoms with Crippen molar-refractivity contribution in [1.82, 2.24) is 14.7 Å². The predicted octanol–water partition coefficient (Wildman–Crippen LogP) is 5.34. The van der Waals surface area contributed by atoms with Gasteiger partial charge in [-0.1, -0.05) is 48.4 Å². The van der Waals surface area contributed by atoms with Gasteiger partial charge in [0.15, 0.2) is 5.82 Å². The molecule has 0 bridgehead atoms. The van der Waals surface area contributed by atoms with Crippen molar-refractivity contribution in [1.29, 1.82) is 0 Å². The molecule has 35 heavy (non-hydrogen) atoms. The summed E-state index contributed by atoms with van der Waals surface area (Å²) in [7, 11) is 0. The minimum Gasteiger partial charge on any atom is -0.489 e. The van der Waals surface area contributed by atoms with Crippen LogP contribution in [0.15, 0.2) is 54.6 Å². The Labute approximate surface area is 218 Å². The van der Waals surface area contributed by atoms with Crippen molar-refractivity contribution in [3.8, 4) is 5.75 Å². The Kier molecular flexibility index (Phi) is 8.37. The molecule has 2 fully saturated rings. The van der Waals surface area contributed by atoms with Crippen molar-refractivity contribution in [2.75, 3.05) is 31.1 Å². The highest BCUT2D eigenvalue weighted by Crippen LogP contribution is 2.29. The zero-order chi connectivity index (χ0) is 23.5. The maximum atomic E-state index is 12.9. The molecule has 0 radical (unpaired) electrons. The molecular weight excluding hydrogens is 483 g/mol. The second-order valence-electron chi connectivity index (χ2n) is 9.41. The molecule has 3 aromatic rings. The Morgan fingerprint density at radius 1 is 1.09 bits per heavy atom. The summed E-state index contributed by atoms with van der Waals surface area (Å²) in [5, 5.41) is 5.44. The summed E-state index contributed by atoms with van der Waals surface area (Å²) >= 11 is 6.31. The van der Waals surface area contributed by atoms with E-state index < -0.39 is 0 Å². The summed E-state index contributed by atoms with van der Waals surface area (Å²) in [5.41, 5.74) is 3.06. The van der Waals surface area contributed by atoms with Gasteiger partial charge in [-0.15, -0.1) is 12.4 Å². The van der Waals surface area contributed by atoms with Gasteiger partial charge >= 0.3 is 0 Å². The van der Waals surface area contributed by atoms with E-state index in [4.69, 9.17) is 21.4 Å². The molecule has 1 aliphatic heterocycles. The van der Waals surface area contributed by atoms with Gasteiger partial charge in [0.1, 0.15) is 12.4 Å². The molecule has 0 unspecified atom stereocenters. The van der Waals surface area contributed by atoms with Crippen LogP contribution in [0.3, 0.4) is 0 Å². The van der Waals surface area contributed by atoms with Gasteiger partial charge in [-0.3, -0.25) is 19.3 Å². The number of aromatic nitrogens is 2. The monoisotopic (exact) mass is 514 g/mol. The summed E-state index contributed by atoms with van der Waals surface area (Å²) in [6.45, 7) is 6.14. The van der Waals surface area contributed by atoms with Crippen LogP contribution in [0.4, 0.5) is 5.82 Å². The molecule has 186 valence electrons. The first kappa shape index (κ1) is 25.5. The fourth-order valence-corrected chi connectivity index (χ4v) is 4.85. The number of halogens is 2. The molecular formula is C27H32Cl2N4O2. The van der Waals surface area contributed by atoms with E-state index in [-0.39, 0.29) is 18.3 Å². The maximum absolute atomic E-state index is 12.9. The number of hydrogen-bond donors (Lipinski definition) is 0. The quantitative estimate of drug-likeness (QED) is 0.406. The molecule has 1 saturated heterocycles. The van der Waals surface area contributed by atoms with E-state index in [0.29, 0.717) is 31.3 Å². The van der Waals surface area contributed by atoms with Crippen LogP contribution in [0.25, 0.3) is 0 Å². The van der Waals surface area contributed by atoms with Gasteiger partial charge in [0, 0.05) is 42.0 Å². The Hall–Kier alpha value is -2.54. The lowest BCUT2D eigenvalue weighted by atomic mass is 9.85. The van der Waals surface area contributed by atoms with Gasteiger partial charge in [0.05, 0.1) is 13.1 Å². The van der Waals surface area contributed by atoms with Gasteiger partial charge in [0.2, 0.25) is 5.91 Å². The number of benzene rings is 2. The van der Waals surface area contributed by atoms with Crippen LogP contribution in [0, 0.1) is 12.8 Å². The molecule has 6 nitrogen and oxygen atoms in total. The highest BCUT2D eigenvalue weighted by Gasteiger charge is 2.29. The molecule has 1 aromatic heterocycles. The second kappa shape index (κ2) is 11.5. The minimum absolute atomic E-state index is 0. The van der Waals surface area contributed by atoms with Crippen LogP contribution in [-0.4, -0.2) is 46.8 Å². The van der Waals surface area contributed by atoms with Gasteiger partial charge in [-0.25, -0.2) is 0 Å². The first-order valence-electron chi connectivity index (χ1n) is 12.1. The van der Waals surface area contributed by atoms with Crippen LogP contribution < -0.4 is 9.64 Å². The van der Waals surface area contributed by atoms with Crippen LogP contribution in [0.5, 0.6) is 5.75 Å². The van der Waals surface area contributed by atoms with Gasteiger partial charge in [-0.05, 0) is 49.4 Å². The highest BCUT2D eigenvalue weighted by atomic mass is 35.5. The zero-order valence-corrected chi connectivity index (χ0v) is 21.6. The number of rotatable bonds is 8. The fourth-order valence-electron chi connectivity index (χ4n) is 4.65. The SMILES string of the molecule is Cc1cc(N2CCN(CC3CCC3)CC2=O)nn1Cc1cc(Cl)ccc1OCc1ccccc1.Cl. The van der Waals surface area contributed by atoms with Crippen LogP contribution >= 0.6 is 24.0 Å². The van der Waals surface area contributed by atoms with Crippen molar-refractivity contribution >= 4 is 35.7 Å². The minimum atomic E-state index is 0. The van der Waals surface area contributed by atoms with Crippen molar-refractivity contribution < 1.29 is 9.53 Å². The molecule has 1 aliphatic carbocycles. The van der Waals surface area contributed by atoms with Crippen molar-refractivity contribution in [3.05, 3.63) is 76.4 Å². The molecule has 0 atom stereocenters. The third-order valence-corrected chi connectivity index (χ3v) is 7.10. The molecule has 1 saturated carbocycles. The maximum Gasteiger partial charge on any atom is 0.242 e. The lowest BCUT2D eigenvalue weighted by molar-refractivity contribution is -0.121. The second-order valence-corrected chi connectivity index (χ2v) is 9.84. The Morgan fingerprint density at radius 3 is 2.60 bits per heavy atom. The molecule has 8 heteroatoms. The van der Waals surface area contributed by atoms with Gasteiger partial charge in [-0.2, -0.15) is 5.10 Å².